The topological polar surface area (TPSA) is 32.8 Å². The molecule has 19 rings (SSSR count). The van der Waals surface area contributed by atoms with E-state index < -0.39 is 0 Å². The van der Waals surface area contributed by atoms with Crippen molar-refractivity contribution in [2.24, 2.45) is 0 Å². The van der Waals surface area contributed by atoms with Gasteiger partial charge in [-0.3, -0.25) is 0 Å². The first-order valence-electron chi connectivity index (χ1n) is 41.0. The van der Waals surface area contributed by atoms with E-state index in [1.165, 1.54) is 55.3 Å². The van der Waals surface area contributed by atoms with Crippen molar-refractivity contribution in [3.05, 3.63) is 343 Å². The van der Waals surface area contributed by atoms with Crippen LogP contribution >= 0.6 is 0 Å². The molecule has 0 aliphatic carbocycles. The van der Waals surface area contributed by atoms with Crippen LogP contribution in [-0.4, -0.2) is 6.71 Å². The summed E-state index contributed by atoms with van der Waals surface area (Å²) in [6.07, 6.45) is 0. The molecule has 0 saturated heterocycles. The summed E-state index contributed by atoms with van der Waals surface area (Å²) < 4.78 is 14.1. The maximum absolute atomic E-state index is 7.03. The van der Waals surface area contributed by atoms with E-state index in [9.17, 15) is 0 Å². The summed E-state index contributed by atoms with van der Waals surface area (Å²) in [5.74, 6) is 0. The minimum absolute atomic E-state index is 0.192. The fraction of sp³-hybridized carbons (Fsp3) is 0.182. The van der Waals surface area contributed by atoms with Crippen LogP contribution in [0.15, 0.2) is 324 Å². The van der Waals surface area contributed by atoms with Crippen LogP contribution in [0.25, 0.3) is 133 Å². The van der Waals surface area contributed by atoms with Gasteiger partial charge in [-0.2, -0.15) is 0 Å². The molecule has 0 amide bonds. The van der Waals surface area contributed by atoms with Crippen molar-refractivity contribution in [3.63, 3.8) is 0 Å². The molecule has 17 aromatic rings. The van der Waals surface area contributed by atoms with Gasteiger partial charge in [0.1, 0.15) is 22.3 Å². The van der Waals surface area contributed by atoms with Crippen LogP contribution in [0, 0.1) is 0 Å². The molecule has 0 bridgehead atoms. The molecule has 0 atom stereocenters. The normalized spacial score (nSPS) is 13.1. The van der Waals surface area contributed by atoms with Crippen molar-refractivity contribution < 1.29 is 8.83 Å². The first-order chi connectivity index (χ1) is 55.2. The molecular formula is C110H97BN2O2. The van der Waals surface area contributed by atoms with Crippen molar-refractivity contribution in [3.8, 4) is 89.0 Å². The highest BCUT2D eigenvalue weighted by atomic mass is 16.3. The molecule has 0 fully saturated rings. The highest BCUT2D eigenvalue weighted by molar-refractivity contribution is 7.00. The molecule has 0 spiro atoms. The first kappa shape index (κ1) is 72.8. The molecule has 4 nitrogen and oxygen atoms in total. The summed E-state index contributed by atoms with van der Waals surface area (Å²) in [5, 5.41) is 4.27. The van der Waals surface area contributed by atoms with Gasteiger partial charge >= 0.3 is 0 Å². The minimum atomic E-state index is -0.332. The number of nitrogens with zero attached hydrogens (tertiary/aromatic N) is 2. The second-order valence-corrected chi connectivity index (χ2v) is 37.3. The van der Waals surface area contributed by atoms with Crippen molar-refractivity contribution in [2.45, 2.75) is 131 Å². The van der Waals surface area contributed by atoms with Crippen LogP contribution < -0.4 is 26.2 Å². The fourth-order valence-electron chi connectivity index (χ4n) is 18.0. The molecule has 562 valence electrons. The number of hydrogen-bond acceptors (Lipinski definition) is 4. The predicted octanol–water partition coefficient (Wildman–Crippen LogP) is 29.4. The van der Waals surface area contributed by atoms with Crippen molar-refractivity contribution in [1.29, 1.82) is 0 Å². The zero-order valence-corrected chi connectivity index (χ0v) is 68.8. The van der Waals surface area contributed by atoms with E-state index in [1.807, 2.05) is 0 Å². The number of anilines is 6. The summed E-state index contributed by atoms with van der Waals surface area (Å²) in [6.45, 7) is 35.2. The lowest BCUT2D eigenvalue weighted by molar-refractivity contribution is 0.569. The minimum Gasteiger partial charge on any atom is -0.456 e. The molecule has 0 saturated carbocycles. The van der Waals surface area contributed by atoms with Gasteiger partial charge in [-0.15, -0.1) is 0 Å². The second kappa shape index (κ2) is 27.1. The Balaban J connectivity index is 1.05. The summed E-state index contributed by atoms with van der Waals surface area (Å²) in [4.78, 5) is 5.50. The Morgan fingerprint density at radius 3 is 1.03 bits per heavy atom. The average Bonchev–Trinajstić information content (AvgIpc) is 1.22. The highest BCUT2D eigenvalue weighted by Gasteiger charge is 2.47. The molecule has 0 unspecified atom stereocenters. The van der Waals surface area contributed by atoms with Crippen molar-refractivity contribution in [1.82, 2.24) is 0 Å². The summed E-state index contributed by atoms with van der Waals surface area (Å²) in [6, 6.07) is 120. The highest BCUT2D eigenvalue weighted by Crippen LogP contribution is 2.58. The zero-order chi connectivity index (χ0) is 79.4. The maximum atomic E-state index is 7.03. The van der Waals surface area contributed by atoms with Crippen LogP contribution in [-0.2, 0) is 27.1 Å². The number of benzene rings is 15. The molecule has 0 radical (unpaired) electrons. The predicted molar refractivity (Wildman–Crippen MR) is 492 cm³/mol. The Kier molecular flexibility index (Phi) is 17.2. The second-order valence-electron chi connectivity index (χ2n) is 37.3. The number of furan rings is 2. The third-order valence-electron chi connectivity index (χ3n) is 24.4. The van der Waals surface area contributed by atoms with Crippen LogP contribution in [0.2, 0.25) is 0 Å². The van der Waals surface area contributed by atoms with Gasteiger partial charge in [-0.25, -0.2) is 0 Å². The number of hydrogen-bond donors (Lipinski definition) is 0. The van der Waals surface area contributed by atoms with Crippen LogP contribution in [0.5, 0.6) is 0 Å². The quantitative estimate of drug-likeness (QED) is 0.128. The van der Waals surface area contributed by atoms with E-state index in [1.54, 1.807) is 0 Å². The van der Waals surface area contributed by atoms with Crippen LogP contribution in [0.1, 0.15) is 132 Å². The molecule has 4 heterocycles. The summed E-state index contributed by atoms with van der Waals surface area (Å²) in [7, 11) is 0. The van der Waals surface area contributed by atoms with Gasteiger partial charge in [0.2, 0.25) is 0 Å². The van der Waals surface area contributed by atoms with Crippen molar-refractivity contribution >= 4 is 101 Å². The van der Waals surface area contributed by atoms with Crippen molar-refractivity contribution in [2.75, 3.05) is 9.80 Å². The number of rotatable bonds is 10. The lowest BCUT2D eigenvalue weighted by atomic mass is 9.33. The standard InChI is InChI=1S/C110H97BN2O2/c1-106(2,3)78-51-52-91-94(67-78)113(104-87(70-38-24-18-25-39-70)63-81(109(10,11)12)64-88(104)71-40-26-19-27-41-71)96-61-77(76-57-79(107(4,5)6)62-80(58-76)108(7,8)9)60-95-103(96)111(91)92-59-72(75-55-73(68-34-20-16-21-35-68)54-74(56-75)69-36-22-17-23-37-69)50-53-93(92)112(95)105-89(83-44-32-48-99-101(83)85-42-28-30-46-97(85)114-99)65-82(110(13,14)15)66-90(105)84-45-33-49-100-102(84)86-43-29-31-47-98(86)115-100/h16-67H,1-15H3. The monoisotopic (exact) mass is 1490 g/mol. The molecule has 0 N–H and O–H groups in total. The Morgan fingerprint density at radius 1 is 0.217 bits per heavy atom. The van der Waals surface area contributed by atoms with Gasteiger partial charge < -0.3 is 18.6 Å². The van der Waals surface area contributed by atoms with Gasteiger partial charge in [0.15, 0.2) is 0 Å². The Labute approximate surface area is 678 Å². The SMILES string of the molecule is CC(C)(C)c1cc(-c2cc3c4c(c2)N(c2c(-c5cccc6oc7ccccc7c56)cc(C(C)(C)C)cc2-c2cccc5oc6ccccc6c25)c2ccc(-c5cc(-c6ccccc6)cc(-c6ccccc6)c5)cc2B4c2ccc(C(C)(C)C)cc2N3c2c(-c3ccccc3)cc(C(C)(C)C)cc2-c2ccccc2)cc(C(C)(C)C)c1. The average molecular weight is 1490 g/mol. The Bertz CT molecular complexity index is 6440. The van der Waals surface area contributed by atoms with Crippen LogP contribution in [0.4, 0.5) is 34.1 Å². The Morgan fingerprint density at radius 2 is 0.583 bits per heavy atom. The third kappa shape index (κ3) is 12.7. The summed E-state index contributed by atoms with van der Waals surface area (Å²) >= 11 is 0. The largest absolute Gasteiger partial charge is 0.456 e. The van der Waals surface area contributed by atoms with Gasteiger partial charge in [0.05, 0.1) is 11.4 Å². The van der Waals surface area contributed by atoms with Gasteiger partial charge in [-0.1, -0.05) is 328 Å². The van der Waals surface area contributed by atoms with E-state index in [4.69, 9.17) is 8.83 Å². The van der Waals surface area contributed by atoms with E-state index >= 15 is 0 Å². The fourth-order valence-corrected chi connectivity index (χ4v) is 18.0. The molecule has 115 heavy (non-hydrogen) atoms. The molecule has 5 heteroatoms. The molecule has 2 aliphatic rings. The summed E-state index contributed by atoms with van der Waals surface area (Å²) in [5.41, 5.74) is 36.9. The lowest BCUT2D eigenvalue weighted by Gasteiger charge is -2.46. The third-order valence-corrected chi connectivity index (χ3v) is 24.4. The molecule has 15 aromatic carbocycles. The van der Waals surface area contributed by atoms with E-state index in [0.717, 1.165) is 156 Å². The van der Waals surface area contributed by atoms with E-state index in [-0.39, 0.29) is 33.8 Å². The smallest absolute Gasteiger partial charge is 0.252 e. The van der Waals surface area contributed by atoms with E-state index in [2.05, 4.69) is 429 Å². The zero-order valence-electron chi connectivity index (χ0n) is 68.8. The molecule has 2 aliphatic heterocycles. The lowest BCUT2D eigenvalue weighted by Crippen LogP contribution is -2.61. The molecular weight excluding hydrogens is 1390 g/mol. The molecule has 2 aromatic heterocycles. The van der Waals surface area contributed by atoms with Gasteiger partial charge in [0.25, 0.3) is 6.71 Å². The van der Waals surface area contributed by atoms with E-state index in [0.29, 0.717) is 0 Å². The van der Waals surface area contributed by atoms with Gasteiger partial charge in [-0.05, 0) is 229 Å². The Hall–Kier alpha value is -12.4. The number of para-hydroxylation sites is 2. The maximum Gasteiger partial charge on any atom is 0.252 e. The number of fused-ring (bicyclic) bond motifs is 10. The first-order valence-corrected chi connectivity index (χ1v) is 41.0. The van der Waals surface area contributed by atoms with Gasteiger partial charge in [0, 0.05) is 66.5 Å². The van der Waals surface area contributed by atoms with Crippen LogP contribution in [0.3, 0.4) is 0 Å².